The number of hydrogen-bond donors (Lipinski definition) is 0. The summed E-state index contributed by atoms with van der Waals surface area (Å²) in [5, 5.41) is 4.46. The second kappa shape index (κ2) is 5.53. The van der Waals surface area contributed by atoms with Gasteiger partial charge in [0.2, 0.25) is 0 Å². The molecule has 0 aliphatic carbocycles. The van der Waals surface area contributed by atoms with Crippen LogP contribution in [0.1, 0.15) is 17.0 Å². The Morgan fingerprint density at radius 3 is 2.74 bits per heavy atom. The molecule has 0 unspecified atom stereocenters. The summed E-state index contributed by atoms with van der Waals surface area (Å²) in [6.07, 6.45) is 0.220. The van der Waals surface area contributed by atoms with Gasteiger partial charge in [0.1, 0.15) is 11.6 Å². The average molecular weight is 281 g/mol. The lowest BCUT2D eigenvalue weighted by Gasteiger charge is -2.05. The molecule has 1 heterocycles. The van der Waals surface area contributed by atoms with Crippen LogP contribution in [0.3, 0.4) is 0 Å². The van der Waals surface area contributed by atoms with E-state index in [-0.39, 0.29) is 29.2 Å². The summed E-state index contributed by atoms with van der Waals surface area (Å²) in [4.78, 5) is 12.0. The Bertz CT molecular complexity index is 602. The van der Waals surface area contributed by atoms with E-state index in [2.05, 4.69) is 5.10 Å². The van der Waals surface area contributed by atoms with E-state index in [1.807, 2.05) is 13.0 Å². The van der Waals surface area contributed by atoms with Crippen molar-refractivity contribution in [3.05, 3.63) is 52.1 Å². The Morgan fingerprint density at radius 2 is 2.16 bits per heavy atom. The number of halogens is 2. The van der Waals surface area contributed by atoms with Crippen LogP contribution in [0.15, 0.2) is 24.3 Å². The first-order chi connectivity index (χ1) is 8.97. The molecule has 100 valence electrons. The van der Waals surface area contributed by atoms with Crippen LogP contribution in [0.2, 0.25) is 5.02 Å². The SMILES string of the molecule is Cc1cc(CC(=O)Cc2c(F)cccc2Cl)n(C)n1. The van der Waals surface area contributed by atoms with E-state index in [4.69, 9.17) is 11.6 Å². The van der Waals surface area contributed by atoms with E-state index in [1.165, 1.54) is 12.1 Å². The van der Waals surface area contributed by atoms with Crippen LogP contribution in [-0.2, 0) is 24.7 Å². The second-order valence-electron chi connectivity index (χ2n) is 4.49. The molecule has 0 saturated heterocycles. The zero-order chi connectivity index (χ0) is 14.0. The van der Waals surface area contributed by atoms with Crippen LogP contribution in [0.25, 0.3) is 0 Å². The van der Waals surface area contributed by atoms with Gasteiger partial charge < -0.3 is 0 Å². The summed E-state index contributed by atoms with van der Waals surface area (Å²) in [6.45, 7) is 1.86. The minimum atomic E-state index is -0.443. The fourth-order valence-corrected chi connectivity index (χ4v) is 2.22. The number of Topliss-reactive ketones (excluding diaryl/α,β-unsaturated/α-hetero) is 1. The van der Waals surface area contributed by atoms with Crippen LogP contribution in [0.5, 0.6) is 0 Å². The predicted octanol–water partition coefficient (Wildman–Crippen LogP) is 2.88. The van der Waals surface area contributed by atoms with E-state index in [1.54, 1.807) is 17.8 Å². The highest BCUT2D eigenvalue weighted by Gasteiger charge is 2.14. The minimum Gasteiger partial charge on any atom is -0.299 e. The van der Waals surface area contributed by atoms with E-state index in [9.17, 15) is 9.18 Å². The summed E-state index contributed by atoms with van der Waals surface area (Å²) in [5.74, 6) is -0.531. The van der Waals surface area contributed by atoms with Crippen LogP contribution in [-0.4, -0.2) is 15.6 Å². The Balaban J connectivity index is 2.12. The predicted molar refractivity (Wildman–Crippen MR) is 71.8 cm³/mol. The first-order valence-electron chi connectivity index (χ1n) is 5.91. The first kappa shape index (κ1) is 13.7. The van der Waals surface area contributed by atoms with Gasteiger partial charge >= 0.3 is 0 Å². The Hall–Kier alpha value is -1.68. The van der Waals surface area contributed by atoms with Crippen LogP contribution >= 0.6 is 11.6 Å². The molecule has 0 radical (unpaired) electrons. The number of carbonyl (C=O) groups excluding carboxylic acids is 1. The van der Waals surface area contributed by atoms with Crippen molar-refractivity contribution in [2.24, 2.45) is 7.05 Å². The maximum atomic E-state index is 13.6. The highest BCUT2D eigenvalue weighted by molar-refractivity contribution is 6.31. The molecule has 0 fully saturated rings. The summed E-state index contributed by atoms with van der Waals surface area (Å²) in [6, 6.07) is 6.27. The van der Waals surface area contributed by atoms with Crippen molar-refractivity contribution in [3.8, 4) is 0 Å². The molecule has 0 atom stereocenters. The summed E-state index contributed by atoms with van der Waals surface area (Å²) in [7, 11) is 1.78. The van der Waals surface area contributed by atoms with Crippen molar-refractivity contribution >= 4 is 17.4 Å². The molecule has 5 heteroatoms. The molecule has 2 aromatic rings. The third kappa shape index (κ3) is 3.20. The molecule has 0 aliphatic rings. The lowest BCUT2D eigenvalue weighted by molar-refractivity contribution is -0.117. The third-order valence-electron chi connectivity index (χ3n) is 2.91. The molecule has 1 aromatic carbocycles. The van der Waals surface area contributed by atoms with Crippen molar-refractivity contribution in [1.29, 1.82) is 0 Å². The highest BCUT2D eigenvalue weighted by Crippen LogP contribution is 2.20. The topological polar surface area (TPSA) is 34.9 Å². The Morgan fingerprint density at radius 1 is 1.42 bits per heavy atom. The number of nitrogens with zero attached hydrogens (tertiary/aromatic N) is 2. The normalized spacial score (nSPS) is 10.7. The number of ketones is 1. The molecule has 0 saturated carbocycles. The lowest BCUT2D eigenvalue weighted by Crippen LogP contribution is -2.11. The number of aromatic nitrogens is 2. The molecule has 0 amide bonds. The fourth-order valence-electron chi connectivity index (χ4n) is 1.99. The van der Waals surface area contributed by atoms with Gasteiger partial charge in [-0.15, -0.1) is 0 Å². The maximum absolute atomic E-state index is 13.6. The Labute approximate surface area is 116 Å². The van der Waals surface area contributed by atoms with Crippen molar-refractivity contribution in [1.82, 2.24) is 9.78 Å². The molecule has 1 aromatic heterocycles. The standard InChI is InChI=1S/C14H14ClFN2O/c1-9-6-10(18(2)17-9)7-11(19)8-12-13(15)4-3-5-14(12)16/h3-6H,7-8H2,1-2H3. The fraction of sp³-hybridized carbons (Fsp3) is 0.286. The average Bonchev–Trinajstić information content (AvgIpc) is 2.63. The highest BCUT2D eigenvalue weighted by atomic mass is 35.5. The molecule has 3 nitrogen and oxygen atoms in total. The van der Waals surface area contributed by atoms with Gasteiger partial charge in [-0.3, -0.25) is 9.48 Å². The zero-order valence-electron chi connectivity index (χ0n) is 10.8. The van der Waals surface area contributed by atoms with E-state index in [0.29, 0.717) is 0 Å². The van der Waals surface area contributed by atoms with Crippen LogP contribution in [0.4, 0.5) is 4.39 Å². The monoisotopic (exact) mass is 280 g/mol. The second-order valence-corrected chi connectivity index (χ2v) is 4.90. The van der Waals surface area contributed by atoms with Crippen molar-refractivity contribution < 1.29 is 9.18 Å². The molecule has 0 spiro atoms. The molecular formula is C14H14ClFN2O. The van der Waals surface area contributed by atoms with Crippen LogP contribution in [0, 0.1) is 12.7 Å². The Kier molecular flexibility index (Phi) is 4.00. The molecule has 2 rings (SSSR count). The zero-order valence-corrected chi connectivity index (χ0v) is 11.5. The molecule has 0 N–H and O–H groups in total. The van der Waals surface area contributed by atoms with Crippen molar-refractivity contribution in [2.45, 2.75) is 19.8 Å². The number of carbonyl (C=O) groups is 1. The molecule has 0 bridgehead atoms. The summed E-state index contributed by atoms with van der Waals surface area (Å²) in [5.41, 5.74) is 1.93. The van der Waals surface area contributed by atoms with Gasteiger partial charge in [0.05, 0.1) is 5.69 Å². The van der Waals surface area contributed by atoms with Gasteiger partial charge in [-0.05, 0) is 25.1 Å². The van der Waals surface area contributed by atoms with Gasteiger partial charge in [0.25, 0.3) is 0 Å². The van der Waals surface area contributed by atoms with Crippen molar-refractivity contribution in [2.75, 3.05) is 0 Å². The van der Waals surface area contributed by atoms with Gasteiger partial charge in [-0.2, -0.15) is 5.10 Å². The van der Waals surface area contributed by atoms with Gasteiger partial charge in [-0.1, -0.05) is 17.7 Å². The number of rotatable bonds is 4. The van der Waals surface area contributed by atoms with Gasteiger partial charge in [0.15, 0.2) is 0 Å². The van der Waals surface area contributed by atoms with E-state index >= 15 is 0 Å². The van der Waals surface area contributed by atoms with Crippen molar-refractivity contribution in [3.63, 3.8) is 0 Å². The van der Waals surface area contributed by atoms with E-state index < -0.39 is 5.82 Å². The lowest BCUT2D eigenvalue weighted by atomic mass is 10.0. The van der Waals surface area contributed by atoms with Gasteiger partial charge in [-0.25, -0.2) is 4.39 Å². The summed E-state index contributed by atoms with van der Waals surface area (Å²) < 4.78 is 15.2. The van der Waals surface area contributed by atoms with Gasteiger partial charge in [0, 0.05) is 36.2 Å². The maximum Gasteiger partial charge on any atom is 0.143 e. The largest absolute Gasteiger partial charge is 0.299 e. The molecule has 0 aliphatic heterocycles. The first-order valence-corrected chi connectivity index (χ1v) is 6.29. The smallest absolute Gasteiger partial charge is 0.143 e. The molecule has 19 heavy (non-hydrogen) atoms. The number of benzene rings is 1. The third-order valence-corrected chi connectivity index (χ3v) is 3.27. The summed E-state index contributed by atoms with van der Waals surface area (Å²) >= 11 is 5.90. The number of aryl methyl sites for hydroxylation is 2. The quantitative estimate of drug-likeness (QED) is 0.863. The van der Waals surface area contributed by atoms with E-state index in [0.717, 1.165) is 11.4 Å². The van der Waals surface area contributed by atoms with Crippen LogP contribution < -0.4 is 0 Å². The number of hydrogen-bond acceptors (Lipinski definition) is 2. The molecular weight excluding hydrogens is 267 g/mol. The minimum absolute atomic E-state index is 0.00423.